The molecule has 0 spiro atoms. The lowest BCUT2D eigenvalue weighted by atomic mass is 9.95. The van der Waals surface area contributed by atoms with Gasteiger partial charge in [0.05, 0.1) is 6.07 Å². The number of rotatable bonds is 9. The van der Waals surface area contributed by atoms with Crippen LogP contribution < -0.4 is 11.1 Å². The van der Waals surface area contributed by atoms with Crippen LogP contribution in [0.15, 0.2) is 12.3 Å². The van der Waals surface area contributed by atoms with Crippen LogP contribution in [0.1, 0.15) is 58.3 Å². The number of unbranched alkanes of at least 4 members (excludes halogenated alkanes) is 4. The molecule has 3 atom stereocenters. The average molecular weight is 263 g/mol. The van der Waals surface area contributed by atoms with Crippen LogP contribution in [0.4, 0.5) is 0 Å². The average Bonchev–Trinajstić information content (AvgIpc) is 2.75. The molecule has 1 saturated carbocycles. The van der Waals surface area contributed by atoms with Crippen molar-refractivity contribution in [2.24, 2.45) is 17.6 Å². The summed E-state index contributed by atoms with van der Waals surface area (Å²) < 4.78 is 0. The van der Waals surface area contributed by atoms with E-state index >= 15 is 0 Å². The second kappa shape index (κ2) is 8.98. The maximum absolute atomic E-state index is 9.09. The molecule has 3 N–H and O–H groups in total. The van der Waals surface area contributed by atoms with Gasteiger partial charge in [0, 0.05) is 17.7 Å². The molecule has 0 radical (unpaired) electrons. The van der Waals surface area contributed by atoms with Crippen LogP contribution in [0.2, 0.25) is 0 Å². The zero-order valence-electron chi connectivity index (χ0n) is 12.3. The topological polar surface area (TPSA) is 61.8 Å². The van der Waals surface area contributed by atoms with E-state index in [1.54, 1.807) is 0 Å². The van der Waals surface area contributed by atoms with Gasteiger partial charge in [-0.2, -0.15) is 5.26 Å². The van der Waals surface area contributed by atoms with Crippen LogP contribution >= 0.6 is 0 Å². The third kappa shape index (κ3) is 6.11. The molecular formula is C16H29N3. The first-order chi connectivity index (χ1) is 9.17. The molecule has 3 unspecified atom stereocenters. The molecule has 1 rings (SSSR count). The lowest BCUT2D eigenvalue weighted by Gasteiger charge is -2.21. The van der Waals surface area contributed by atoms with Crippen LogP contribution in [-0.2, 0) is 0 Å². The Morgan fingerprint density at radius 2 is 1.95 bits per heavy atom. The van der Waals surface area contributed by atoms with Crippen LogP contribution in [0, 0.1) is 23.2 Å². The molecular weight excluding hydrogens is 234 g/mol. The SMILES string of the molecule is C=C(C)NC1CC(C#N)CC1CCCCCCCN. The number of nitrogens with two attached hydrogens (primary N) is 1. The number of nitrogens with zero attached hydrogens (tertiary/aromatic N) is 1. The highest BCUT2D eigenvalue weighted by atomic mass is 14.9. The number of nitrogens with one attached hydrogen (secondary N) is 1. The molecule has 3 heteroatoms. The third-order valence-electron chi connectivity index (χ3n) is 4.09. The maximum atomic E-state index is 9.09. The van der Waals surface area contributed by atoms with Crippen LogP contribution in [-0.4, -0.2) is 12.6 Å². The first-order valence-corrected chi connectivity index (χ1v) is 7.69. The summed E-state index contributed by atoms with van der Waals surface area (Å²) in [4.78, 5) is 0. The zero-order valence-corrected chi connectivity index (χ0v) is 12.3. The molecule has 3 nitrogen and oxygen atoms in total. The van der Waals surface area contributed by atoms with Crippen LogP contribution in [0.25, 0.3) is 0 Å². The molecule has 19 heavy (non-hydrogen) atoms. The van der Waals surface area contributed by atoms with Crippen molar-refractivity contribution >= 4 is 0 Å². The van der Waals surface area contributed by atoms with E-state index in [0.717, 1.165) is 31.5 Å². The molecule has 0 aromatic rings. The third-order valence-corrected chi connectivity index (χ3v) is 4.09. The quantitative estimate of drug-likeness (QED) is 0.627. The summed E-state index contributed by atoms with van der Waals surface area (Å²) in [6, 6.07) is 2.90. The summed E-state index contributed by atoms with van der Waals surface area (Å²) in [6.07, 6.45) is 9.58. The predicted molar refractivity (Wildman–Crippen MR) is 80.3 cm³/mol. The summed E-state index contributed by atoms with van der Waals surface area (Å²) in [5, 5.41) is 12.5. The summed E-state index contributed by atoms with van der Waals surface area (Å²) in [6.45, 7) is 6.75. The van der Waals surface area contributed by atoms with E-state index in [1.807, 2.05) is 6.92 Å². The van der Waals surface area contributed by atoms with E-state index in [1.165, 1.54) is 32.1 Å². The highest BCUT2D eigenvalue weighted by Gasteiger charge is 2.33. The van der Waals surface area contributed by atoms with Crippen LogP contribution in [0.3, 0.4) is 0 Å². The molecule has 0 aromatic heterocycles. The van der Waals surface area contributed by atoms with Crippen molar-refractivity contribution in [3.63, 3.8) is 0 Å². The van der Waals surface area contributed by atoms with Gasteiger partial charge in [0.25, 0.3) is 0 Å². The molecule has 1 aliphatic rings. The van der Waals surface area contributed by atoms with Crippen LogP contribution in [0.5, 0.6) is 0 Å². The molecule has 1 aliphatic carbocycles. The Hall–Kier alpha value is -1.01. The molecule has 0 amide bonds. The lowest BCUT2D eigenvalue weighted by molar-refractivity contribution is 0.384. The number of hydrogen-bond acceptors (Lipinski definition) is 3. The lowest BCUT2D eigenvalue weighted by Crippen LogP contribution is -2.30. The molecule has 1 fully saturated rings. The van der Waals surface area contributed by atoms with E-state index in [-0.39, 0.29) is 5.92 Å². The molecule has 0 aromatic carbocycles. The van der Waals surface area contributed by atoms with Crippen molar-refractivity contribution in [3.8, 4) is 6.07 Å². The fourth-order valence-electron chi connectivity index (χ4n) is 3.12. The van der Waals surface area contributed by atoms with E-state index in [4.69, 9.17) is 11.0 Å². The van der Waals surface area contributed by atoms with Crippen molar-refractivity contribution in [1.82, 2.24) is 5.32 Å². The maximum Gasteiger partial charge on any atom is 0.0656 e. The van der Waals surface area contributed by atoms with Gasteiger partial charge in [-0.05, 0) is 45.1 Å². The van der Waals surface area contributed by atoms with Gasteiger partial charge in [-0.1, -0.05) is 32.3 Å². The standard InChI is InChI=1S/C16H29N3/c1-13(2)19-16-11-14(12-18)10-15(16)8-6-4-3-5-7-9-17/h14-16,19H,1,3-11,17H2,2H3. The van der Waals surface area contributed by atoms with Gasteiger partial charge < -0.3 is 11.1 Å². The fourth-order valence-corrected chi connectivity index (χ4v) is 3.12. The number of nitriles is 1. The predicted octanol–water partition coefficient (Wildman–Crippen LogP) is 3.33. The second-order valence-electron chi connectivity index (χ2n) is 5.93. The highest BCUT2D eigenvalue weighted by molar-refractivity contribution is 5.01. The molecule has 0 aliphatic heterocycles. The Morgan fingerprint density at radius 1 is 1.26 bits per heavy atom. The number of hydrogen-bond donors (Lipinski definition) is 2. The summed E-state index contributed by atoms with van der Waals surface area (Å²) >= 11 is 0. The van der Waals surface area contributed by atoms with Crippen molar-refractivity contribution < 1.29 is 0 Å². The second-order valence-corrected chi connectivity index (χ2v) is 5.93. The first-order valence-electron chi connectivity index (χ1n) is 7.69. The Kier molecular flexibility index (Phi) is 7.59. The summed E-state index contributed by atoms with van der Waals surface area (Å²) in [7, 11) is 0. The van der Waals surface area contributed by atoms with Gasteiger partial charge in [0.2, 0.25) is 0 Å². The van der Waals surface area contributed by atoms with Gasteiger partial charge in [0.15, 0.2) is 0 Å². The number of allylic oxidation sites excluding steroid dienone is 1. The molecule has 0 bridgehead atoms. The Labute approximate surface area is 118 Å². The monoisotopic (exact) mass is 263 g/mol. The minimum absolute atomic E-state index is 0.235. The Balaban J connectivity index is 2.25. The minimum Gasteiger partial charge on any atom is -0.386 e. The summed E-state index contributed by atoms with van der Waals surface area (Å²) in [5.74, 6) is 0.884. The largest absolute Gasteiger partial charge is 0.386 e. The van der Waals surface area contributed by atoms with Gasteiger partial charge in [-0.25, -0.2) is 0 Å². The Bertz CT molecular complexity index is 306. The highest BCUT2D eigenvalue weighted by Crippen LogP contribution is 2.34. The van der Waals surface area contributed by atoms with Gasteiger partial charge in [-0.3, -0.25) is 0 Å². The van der Waals surface area contributed by atoms with E-state index in [2.05, 4.69) is 18.0 Å². The van der Waals surface area contributed by atoms with E-state index in [9.17, 15) is 0 Å². The first kappa shape index (κ1) is 16.0. The van der Waals surface area contributed by atoms with Crippen molar-refractivity contribution in [3.05, 3.63) is 12.3 Å². The molecule has 108 valence electrons. The van der Waals surface area contributed by atoms with Gasteiger partial charge in [0.1, 0.15) is 0 Å². The van der Waals surface area contributed by atoms with Crippen molar-refractivity contribution in [2.75, 3.05) is 6.54 Å². The molecule has 0 saturated heterocycles. The van der Waals surface area contributed by atoms with E-state index in [0.29, 0.717) is 12.0 Å². The normalized spacial score (nSPS) is 26.1. The van der Waals surface area contributed by atoms with Gasteiger partial charge >= 0.3 is 0 Å². The molecule has 0 heterocycles. The smallest absolute Gasteiger partial charge is 0.0656 e. The van der Waals surface area contributed by atoms with E-state index < -0.39 is 0 Å². The van der Waals surface area contributed by atoms with Crippen molar-refractivity contribution in [1.29, 1.82) is 5.26 Å². The zero-order chi connectivity index (χ0) is 14.1. The fraction of sp³-hybridized carbons (Fsp3) is 0.812. The Morgan fingerprint density at radius 3 is 2.58 bits per heavy atom. The van der Waals surface area contributed by atoms with Gasteiger partial charge in [-0.15, -0.1) is 0 Å². The minimum atomic E-state index is 0.235. The summed E-state index contributed by atoms with van der Waals surface area (Å²) in [5.41, 5.74) is 6.52. The van der Waals surface area contributed by atoms with Crippen molar-refractivity contribution in [2.45, 2.75) is 64.3 Å².